The average molecular weight is 476 g/mol. The Labute approximate surface area is 204 Å². The molecule has 0 spiro atoms. The molecule has 6 heteroatoms. The van der Waals surface area contributed by atoms with Gasteiger partial charge >= 0.3 is 5.97 Å². The highest BCUT2D eigenvalue weighted by Crippen LogP contribution is 2.40. The van der Waals surface area contributed by atoms with Crippen molar-refractivity contribution in [3.05, 3.63) is 87.8 Å². The normalized spacial score (nSPS) is 15.1. The van der Waals surface area contributed by atoms with E-state index in [1.54, 1.807) is 13.0 Å². The molecule has 1 aromatic heterocycles. The zero-order valence-corrected chi connectivity index (χ0v) is 20.3. The lowest BCUT2D eigenvalue weighted by atomic mass is 9.88. The van der Waals surface area contributed by atoms with Crippen LogP contribution in [0.15, 0.2) is 60.7 Å². The molecule has 1 unspecified atom stereocenters. The SMILES string of the molecule is CCOC(=O)c1c(NC(=O)C=Cc2ccc(OCc3ccccc3)cc2)sc2c1CCC(C)C2. The van der Waals surface area contributed by atoms with E-state index in [0.717, 1.165) is 41.7 Å². The third kappa shape index (κ3) is 5.94. The molecular weight excluding hydrogens is 446 g/mol. The number of hydrogen-bond acceptors (Lipinski definition) is 5. The van der Waals surface area contributed by atoms with Gasteiger partial charge in [0.2, 0.25) is 5.91 Å². The van der Waals surface area contributed by atoms with Crippen LogP contribution in [0.1, 0.15) is 52.2 Å². The summed E-state index contributed by atoms with van der Waals surface area (Å²) in [6.07, 6.45) is 6.03. The highest BCUT2D eigenvalue weighted by atomic mass is 32.1. The third-order valence-corrected chi connectivity index (χ3v) is 6.95. The number of rotatable bonds is 8. The van der Waals surface area contributed by atoms with Crippen LogP contribution in [-0.4, -0.2) is 18.5 Å². The Bertz CT molecular complexity index is 1170. The molecule has 2 aromatic carbocycles. The average Bonchev–Trinajstić information content (AvgIpc) is 3.19. The van der Waals surface area contributed by atoms with Crippen molar-refractivity contribution in [2.45, 2.75) is 39.7 Å². The second-order valence-corrected chi connectivity index (χ2v) is 9.55. The number of benzene rings is 2. The molecule has 0 saturated carbocycles. The van der Waals surface area contributed by atoms with Gasteiger partial charge in [-0.15, -0.1) is 11.3 Å². The fourth-order valence-corrected chi connectivity index (χ4v) is 5.40. The molecule has 3 aromatic rings. The van der Waals surface area contributed by atoms with E-state index in [1.807, 2.05) is 54.6 Å². The van der Waals surface area contributed by atoms with Gasteiger partial charge in [-0.1, -0.05) is 49.4 Å². The smallest absolute Gasteiger partial charge is 0.341 e. The number of fused-ring (bicyclic) bond motifs is 1. The predicted octanol–water partition coefficient (Wildman–Crippen LogP) is 6.28. The quantitative estimate of drug-likeness (QED) is 0.308. The Morgan fingerprint density at radius 2 is 1.88 bits per heavy atom. The van der Waals surface area contributed by atoms with E-state index >= 15 is 0 Å². The zero-order valence-electron chi connectivity index (χ0n) is 19.5. The minimum absolute atomic E-state index is 0.276. The van der Waals surface area contributed by atoms with Gasteiger partial charge in [0.15, 0.2) is 0 Å². The van der Waals surface area contributed by atoms with Crippen molar-refractivity contribution in [3.63, 3.8) is 0 Å². The second kappa shape index (κ2) is 11.2. The lowest BCUT2D eigenvalue weighted by Crippen LogP contribution is -2.15. The first kappa shape index (κ1) is 23.8. The van der Waals surface area contributed by atoms with Crippen LogP contribution in [0.4, 0.5) is 5.00 Å². The highest BCUT2D eigenvalue weighted by molar-refractivity contribution is 7.17. The number of thiophene rings is 1. The maximum Gasteiger partial charge on any atom is 0.341 e. The molecule has 1 aliphatic carbocycles. The summed E-state index contributed by atoms with van der Waals surface area (Å²) in [6.45, 7) is 4.81. The van der Waals surface area contributed by atoms with Crippen LogP contribution in [0.2, 0.25) is 0 Å². The van der Waals surface area contributed by atoms with E-state index in [-0.39, 0.29) is 11.9 Å². The van der Waals surface area contributed by atoms with Crippen molar-refractivity contribution >= 4 is 34.3 Å². The summed E-state index contributed by atoms with van der Waals surface area (Å²) in [6, 6.07) is 17.6. The number of carbonyl (C=O) groups is 2. The molecule has 176 valence electrons. The fourth-order valence-electron chi connectivity index (χ4n) is 4.00. The van der Waals surface area contributed by atoms with Gasteiger partial charge in [-0.2, -0.15) is 0 Å². The first-order valence-corrected chi connectivity index (χ1v) is 12.4. The summed E-state index contributed by atoms with van der Waals surface area (Å²) >= 11 is 1.49. The molecule has 4 rings (SSSR count). The van der Waals surface area contributed by atoms with Crippen molar-refractivity contribution in [2.75, 3.05) is 11.9 Å². The summed E-state index contributed by atoms with van der Waals surface area (Å²) in [5.41, 5.74) is 3.55. The summed E-state index contributed by atoms with van der Waals surface area (Å²) in [4.78, 5) is 26.4. The van der Waals surface area contributed by atoms with E-state index in [2.05, 4.69) is 12.2 Å². The number of hydrogen-bond donors (Lipinski definition) is 1. The van der Waals surface area contributed by atoms with Gasteiger partial charge in [-0.25, -0.2) is 4.79 Å². The number of amides is 1. The standard InChI is InChI=1S/C28H29NO4S/c1-3-32-28(31)26-23-15-9-19(2)17-24(23)34-27(26)29-25(30)16-12-20-10-13-22(14-11-20)33-18-21-7-5-4-6-8-21/h4-8,10-14,16,19H,3,9,15,17-18H2,1-2H3,(H,29,30). The molecule has 1 atom stereocenters. The van der Waals surface area contributed by atoms with E-state index in [1.165, 1.54) is 22.3 Å². The monoisotopic (exact) mass is 475 g/mol. The molecule has 0 saturated heterocycles. The lowest BCUT2D eigenvalue weighted by molar-refractivity contribution is -0.111. The Balaban J connectivity index is 1.40. The summed E-state index contributed by atoms with van der Waals surface area (Å²) in [5, 5.41) is 3.49. The maximum atomic E-state index is 12.7. The number of carbonyl (C=O) groups excluding carboxylic acids is 2. The molecule has 0 aliphatic heterocycles. The summed E-state index contributed by atoms with van der Waals surface area (Å²) in [5.74, 6) is 0.703. The first-order valence-electron chi connectivity index (χ1n) is 11.6. The number of ether oxygens (including phenoxy) is 2. The van der Waals surface area contributed by atoms with Gasteiger partial charge in [-0.05, 0) is 67.0 Å². The molecule has 0 bridgehead atoms. The van der Waals surface area contributed by atoms with Crippen LogP contribution in [0.5, 0.6) is 5.75 Å². The predicted molar refractivity (Wildman–Crippen MR) is 136 cm³/mol. The summed E-state index contributed by atoms with van der Waals surface area (Å²) in [7, 11) is 0. The minimum atomic E-state index is -0.361. The van der Waals surface area contributed by atoms with E-state index in [9.17, 15) is 9.59 Å². The molecule has 0 radical (unpaired) electrons. The van der Waals surface area contributed by atoms with Gasteiger partial charge < -0.3 is 14.8 Å². The molecule has 1 N–H and O–H groups in total. The van der Waals surface area contributed by atoms with Crippen molar-refractivity contribution in [3.8, 4) is 5.75 Å². The van der Waals surface area contributed by atoms with Crippen LogP contribution < -0.4 is 10.1 Å². The van der Waals surface area contributed by atoms with Crippen LogP contribution in [0.25, 0.3) is 6.08 Å². The van der Waals surface area contributed by atoms with Crippen LogP contribution in [0.3, 0.4) is 0 Å². The molecule has 1 heterocycles. The number of anilines is 1. The van der Waals surface area contributed by atoms with Gasteiger partial charge in [0, 0.05) is 11.0 Å². The molecular formula is C28H29NO4S. The van der Waals surface area contributed by atoms with Crippen LogP contribution >= 0.6 is 11.3 Å². The topological polar surface area (TPSA) is 64.6 Å². The van der Waals surface area contributed by atoms with E-state index in [4.69, 9.17) is 9.47 Å². The van der Waals surface area contributed by atoms with Gasteiger partial charge in [-0.3, -0.25) is 4.79 Å². The van der Waals surface area contributed by atoms with Gasteiger partial charge in [0.05, 0.1) is 12.2 Å². The van der Waals surface area contributed by atoms with E-state index < -0.39 is 0 Å². The van der Waals surface area contributed by atoms with Crippen LogP contribution in [-0.2, 0) is 29.0 Å². The molecule has 1 amide bonds. The van der Waals surface area contributed by atoms with E-state index in [0.29, 0.717) is 29.7 Å². The Hall–Kier alpha value is -3.38. The van der Waals surface area contributed by atoms with Gasteiger partial charge in [0.25, 0.3) is 0 Å². The molecule has 0 fully saturated rings. The van der Waals surface area contributed by atoms with Crippen molar-refractivity contribution in [1.82, 2.24) is 0 Å². The molecule has 1 aliphatic rings. The first-order chi connectivity index (χ1) is 16.5. The molecule has 34 heavy (non-hydrogen) atoms. The van der Waals surface area contributed by atoms with Gasteiger partial charge in [0.1, 0.15) is 17.4 Å². The number of esters is 1. The molecule has 5 nitrogen and oxygen atoms in total. The Kier molecular flexibility index (Phi) is 7.80. The zero-order chi connectivity index (χ0) is 23.9. The van der Waals surface area contributed by atoms with Crippen LogP contribution in [0, 0.1) is 5.92 Å². The second-order valence-electron chi connectivity index (χ2n) is 8.44. The third-order valence-electron chi connectivity index (χ3n) is 5.78. The lowest BCUT2D eigenvalue weighted by Gasteiger charge is -2.18. The maximum absolute atomic E-state index is 12.7. The number of nitrogens with one attached hydrogen (secondary N) is 1. The highest BCUT2D eigenvalue weighted by Gasteiger charge is 2.28. The largest absolute Gasteiger partial charge is 0.489 e. The van der Waals surface area contributed by atoms with Crippen molar-refractivity contribution in [2.24, 2.45) is 5.92 Å². The Morgan fingerprint density at radius 1 is 1.12 bits per heavy atom. The summed E-state index contributed by atoms with van der Waals surface area (Å²) < 4.78 is 11.1. The van der Waals surface area contributed by atoms with Crippen molar-refractivity contribution in [1.29, 1.82) is 0 Å². The minimum Gasteiger partial charge on any atom is -0.489 e. The fraction of sp³-hybridized carbons (Fsp3) is 0.286. The Morgan fingerprint density at radius 3 is 2.62 bits per heavy atom. The van der Waals surface area contributed by atoms with Crippen molar-refractivity contribution < 1.29 is 19.1 Å².